The number of benzene rings is 1. The fraction of sp³-hybridized carbons (Fsp3) is 0.429. The van der Waals surface area contributed by atoms with Gasteiger partial charge in [0.25, 0.3) is 0 Å². The maximum Gasteiger partial charge on any atom is 0.236 e. The molecule has 0 amide bonds. The van der Waals surface area contributed by atoms with Crippen molar-refractivity contribution >= 4 is 11.0 Å². The first kappa shape index (κ1) is 12.6. The van der Waals surface area contributed by atoms with Gasteiger partial charge in [0.2, 0.25) is 5.88 Å². The SMILES string of the molecule is CC(C)Oc1nc2ccc(O)cc2nc1C(C)C. The van der Waals surface area contributed by atoms with E-state index in [1.54, 1.807) is 18.2 Å². The van der Waals surface area contributed by atoms with Crippen LogP contribution in [-0.4, -0.2) is 21.2 Å². The minimum Gasteiger partial charge on any atom is -0.508 e. The molecule has 0 fully saturated rings. The second kappa shape index (κ2) is 4.80. The summed E-state index contributed by atoms with van der Waals surface area (Å²) in [4.78, 5) is 9.02. The monoisotopic (exact) mass is 246 g/mol. The maximum atomic E-state index is 9.48. The summed E-state index contributed by atoms with van der Waals surface area (Å²) in [5.41, 5.74) is 2.24. The number of nitrogens with zero attached hydrogens (tertiary/aromatic N) is 2. The van der Waals surface area contributed by atoms with Crippen LogP contribution in [0.25, 0.3) is 11.0 Å². The van der Waals surface area contributed by atoms with E-state index in [1.807, 2.05) is 27.7 Å². The lowest BCUT2D eigenvalue weighted by molar-refractivity contribution is 0.228. The molecule has 0 saturated carbocycles. The van der Waals surface area contributed by atoms with E-state index in [4.69, 9.17) is 4.74 Å². The molecule has 1 aromatic carbocycles. The van der Waals surface area contributed by atoms with Crippen molar-refractivity contribution in [3.63, 3.8) is 0 Å². The zero-order valence-corrected chi connectivity index (χ0v) is 11.1. The number of phenolic OH excluding ortho intramolecular Hbond substituents is 1. The van der Waals surface area contributed by atoms with E-state index in [-0.39, 0.29) is 17.8 Å². The van der Waals surface area contributed by atoms with Gasteiger partial charge in [-0.3, -0.25) is 0 Å². The third-order valence-electron chi connectivity index (χ3n) is 2.54. The van der Waals surface area contributed by atoms with Crippen LogP contribution in [-0.2, 0) is 0 Å². The van der Waals surface area contributed by atoms with Crippen molar-refractivity contribution in [2.45, 2.75) is 39.7 Å². The van der Waals surface area contributed by atoms with Gasteiger partial charge < -0.3 is 9.84 Å². The molecule has 0 atom stereocenters. The zero-order valence-electron chi connectivity index (χ0n) is 11.1. The number of aromatic nitrogens is 2. The van der Waals surface area contributed by atoms with Crippen molar-refractivity contribution in [1.82, 2.24) is 9.97 Å². The summed E-state index contributed by atoms with van der Waals surface area (Å²) in [5, 5.41) is 9.48. The molecule has 18 heavy (non-hydrogen) atoms. The van der Waals surface area contributed by atoms with E-state index >= 15 is 0 Å². The maximum absolute atomic E-state index is 9.48. The van der Waals surface area contributed by atoms with Crippen LogP contribution in [0.5, 0.6) is 11.6 Å². The summed E-state index contributed by atoms with van der Waals surface area (Å²) in [6.07, 6.45) is 0.0614. The Labute approximate surface area is 107 Å². The van der Waals surface area contributed by atoms with Crippen LogP contribution in [0.3, 0.4) is 0 Å². The number of aromatic hydroxyl groups is 1. The van der Waals surface area contributed by atoms with Crippen molar-refractivity contribution in [3.05, 3.63) is 23.9 Å². The molecule has 2 rings (SSSR count). The lowest BCUT2D eigenvalue weighted by Crippen LogP contribution is -2.11. The Balaban J connectivity index is 2.60. The third kappa shape index (κ3) is 2.53. The first-order chi connectivity index (χ1) is 8.47. The van der Waals surface area contributed by atoms with Crippen LogP contribution in [0.4, 0.5) is 0 Å². The lowest BCUT2D eigenvalue weighted by Gasteiger charge is -2.15. The van der Waals surface area contributed by atoms with E-state index in [9.17, 15) is 5.11 Å². The Bertz CT molecular complexity index is 565. The third-order valence-corrected chi connectivity index (χ3v) is 2.54. The fourth-order valence-corrected chi connectivity index (χ4v) is 1.73. The Kier molecular flexibility index (Phi) is 3.36. The molecule has 1 heterocycles. The van der Waals surface area contributed by atoms with E-state index in [0.29, 0.717) is 11.4 Å². The Morgan fingerprint density at radius 3 is 2.39 bits per heavy atom. The number of phenols is 1. The molecular formula is C14H18N2O2. The van der Waals surface area contributed by atoms with Crippen LogP contribution >= 0.6 is 0 Å². The molecule has 0 aliphatic heterocycles. The van der Waals surface area contributed by atoms with Gasteiger partial charge in [0.1, 0.15) is 11.4 Å². The van der Waals surface area contributed by atoms with Crippen LogP contribution in [0.15, 0.2) is 18.2 Å². The molecule has 0 radical (unpaired) electrons. The van der Waals surface area contributed by atoms with E-state index in [0.717, 1.165) is 11.2 Å². The molecule has 2 aromatic rings. The molecule has 0 aliphatic carbocycles. The molecule has 1 aromatic heterocycles. The molecule has 0 spiro atoms. The second-order valence-corrected chi connectivity index (χ2v) is 4.91. The highest BCUT2D eigenvalue weighted by atomic mass is 16.5. The minimum absolute atomic E-state index is 0.0614. The quantitative estimate of drug-likeness (QED) is 0.903. The van der Waals surface area contributed by atoms with E-state index < -0.39 is 0 Å². The highest BCUT2D eigenvalue weighted by molar-refractivity contribution is 5.76. The normalized spacial score (nSPS) is 11.4. The van der Waals surface area contributed by atoms with Gasteiger partial charge in [-0.2, -0.15) is 0 Å². The van der Waals surface area contributed by atoms with Gasteiger partial charge in [-0.15, -0.1) is 0 Å². The topological polar surface area (TPSA) is 55.2 Å². The molecule has 4 nitrogen and oxygen atoms in total. The predicted molar refractivity (Wildman–Crippen MR) is 71.1 cm³/mol. The number of ether oxygens (including phenoxy) is 1. The van der Waals surface area contributed by atoms with Gasteiger partial charge in [-0.25, -0.2) is 9.97 Å². The van der Waals surface area contributed by atoms with Crippen LogP contribution in [0, 0.1) is 0 Å². The summed E-state index contributed by atoms with van der Waals surface area (Å²) >= 11 is 0. The number of rotatable bonds is 3. The van der Waals surface area contributed by atoms with Crippen LogP contribution in [0.2, 0.25) is 0 Å². The predicted octanol–water partition coefficient (Wildman–Crippen LogP) is 3.25. The van der Waals surface area contributed by atoms with E-state index in [2.05, 4.69) is 9.97 Å². The molecule has 96 valence electrons. The molecular weight excluding hydrogens is 228 g/mol. The zero-order chi connectivity index (χ0) is 13.3. The number of hydrogen-bond acceptors (Lipinski definition) is 4. The summed E-state index contributed by atoms with van der Waals surface area (Å²) in [5.74, 6) is 1.00. The molecule has 0 aliphatic rings. The summed E-state index contributed by atoms with van der Waals surface area (Å²) in [6, 6.07) is 4.97. The average Bonchev–Trinajstić information content (AvgIpc) is 2.27. The first-order valence-corrected chi connectivity index (χ1v) is 6.14. The Morgan fingerprint density at radius 1 is 1.06 bits per heavy atom. The summed E-state index contributed by atoms with van der Waals surface area (Å²) in [7, 11) is 0. The van der Waals surface area contributed by atoms with Gasteiger partial charge in [0.15, 0.2) is 0 Å². The highest BCUT2D eigenvalue weighted by Crippen LogP contribution is 2.27. The highest BCUT2D eigenvalue weighted by Gasteiger charge is 2.14. The Hall–Kier alpha value is -1.84. The van der Waals surface area contributed by atoms with Gasteiger partial charge in [-0.1, -0.05) is 13.8 Å². The lowest BCUT2D eigenvalue weighted by atomic mass is 10.1. The molecule has 1 N–H and O–H groups in total. The van der Waals surface area contributed by atoms with Gasteiger partial charge >= 0.3 is 0 Å². The van der Waals surface area contributed by atoms with Crippen molar-refractivity contribution < 1.29 is 9.84 Å². The molecule has 0 unspecified atom stereocenters. The van der Waals surface area contributed by atoms with Gasteiger partial charge in [0.05, 0.1) is 17.1 Å². The van der Waals surface area contributed by atoms with E-state index in [1.165, 1.54) is 0 Å². The van der Waals surface area contributed by atoms with Gasteiger partial charge in [-0.05, 0) is 26.0 Å². The van der Waals surface area contributed by atoms with Gasteiger partial charge in [0, 0.05) is 12.0 Å². The smallest absolute Gasteiger partial charge is 0.236 e. The largest absolute Gasteiger partial charge is 0.508 e. The number of hydrogen-bond donors (Lipinski definition) is 1. The van der Waals surface area contributed by atoms with Crippen LogP contribution < -0.4 is 4.74 Å². The fourth-order valence-electron chi connectivity index (χ4n) is 1.73. The molecule has 4 heteroatoms. The Morgan fingerprint density at radius 2 is 1.78 bits per heavy atom. The van der Waals surface area contributed by atoms with Crippen molar-refractivity contribution in [2.75, 3.05) is 0 Å². The summed E-state index contributed by atoms with van der Waals surface area (Å²) < 4.78 is 5.71. The minimum atomic E-state index is 0.0614. The molecule has 0 bridgehead atoms. The second-order valence-electron chi connectivity index (χ2n) is 4.91. The van der Waals surface area contributed by atoms with Crippen molar-refractivity contribution in [1.29, 1.82) is 0 Å². The van der Waals surface area contributed by atoms with Crippen molar-refractivity contribution in [3.8, 4) is 11.6 Å². The standard InChI is InChI=1S/C14H18N2O2/c1-8(2)13-14(18-9(3)4)16-11-6-5-10(17)7-12(11)15-13/h5-9,17H,1-4H3. The van der Waals surface area contributed by atoms with Crippen LogP contribution in [0.1, 0.15) is 39.3 Å². The van der Waals surface area contributed by atoms with Crippen molar-refractivity contribution in [2.24, 2.45) is 0 Å². The summed E-state index contributed by atoms with van der Waals surface area (Å²) in [6.45, 7) is 8.03. The molecule has 0 saturated heterocycles. The number of fused-ring (bicyclic) bond motifs is 1. The first-order valence-electron chi connectivity index (χ1n) is 6.14. The average molecular weight is 246 g/mol.